The molecule has 1 aliphatic carbocycles. The summed E-state index contributed by atoms with van der Waals surface area (Å²) in [6.45, 7) is 4.08. The van der Waals surface area contributed by atoms with Gasteiger partial charge in [-0.05, 0) is 38.7 Å². The summed E-state index contributed by atoms with van der Waals surface area (Å²) in [4.78, 5) is 12.2. The van der Waals surface area contributed by atoms with E-state index in [9.17, 15) is 4.79 Å². The first-order valence-electron chi connectivity index (χ1n) is 8.04. The molecule has 0 bridgehead atoms. The Hall–Kier alpha value is -1.51. The van der Waals surface area contributed by atoms with E-state index in [-0.39, 0.29) is 11.9 Å². The average molecular weight is 289 g/mol. The van der Waals surface area contributed by atoms with Gasteiger partial charge in [0.15, 0.2) is 0 Å². The largest absolute Gasteiger partial charge is 0.496 e. The Kier molecular flexibility index (Phi) is 5.66. The Balaban J connectivity index is 1.95. The minimum atomic E-state index is -0.0176. The van der Waals surface area contributed by atoms with Gasteiger partial charge in [0.1, 0.15) is 5.75 Å². The number of hydrogen-bond donors (Lipinski definition) is 1. The van der Waals surface area contributed by atoms with Crippen molar-refractivity contribution in [2.75, 3.05) is 7.11 Å². The highest BCUT2D eigenvalue weighted by molar-refractivity contribution is 5.76. The van der Waals surface area contributed by atoms with Crippen LogP contribution in [0.2, 0.25) is 0 Å². The molecule has 116 valence electrons. The van der Waals surface area contributed by atoms with Crippen molar-refractivity contribution < 1.29 is 9.53 Å². The van der Waals surface area contributed by atoms with Crippen LogP contribution in [0.25, 0.3) is 0 Å². The highest BCUT2D eigenvalue weighted by Crippen LogP contribution is 2.28. The van der Waals surface area contributed by atoms with Gasteiger partial charge < -0.3 is 10.1 Å². The number of hydrogen-bond acceptors (Lipinski definition) is 2. The molecule has 0 aromatic heterocycles. The first-order chi connectivity index (χ1) is 10.1. The van der Waals surface area contributed by atoms with Crippen molar-refractivity contribution in [3.63, 3.8) is 0 Å². The van der Waals surface area contributed by atoms with E-state index in [1.54, 1.807) is 7.11 Å². The van der Waals surface area contributed by atoms with Gasteiger partial charge in [-0.2, -0.15) is 0 Å². The smallest absolute Gasteiger partial charge is 0.220 e. The molecule has 0 heterocycles. The fraction of sp³-hybridized carbons (Fsp3) is 0.611. The highest BCUT2D eigenvalue weighted by atomic mass is 16.5. The highest BCUT2D eigenvalue weighted by Gasteiger charge is 2.19. The van der Waals surface area contributed by atoms with Crippen LogP contribution in [0.5, 0.6) is 5.75 Å². The number of rotatable bonds is 5. The molecule has 0 radical (unpaired) electrons. The number of methoxy groups -OCH3 is 1. The van der Waals surface area contributed by atoms with Crippen LogP contribution >= 0.6 is 0 Å². The molecule has 0 spiro atoms. The molecule has 3 nitrogen and oxygen atoms in total. The monoisotopic (exact) mass is 289 g/mol. The van der Waals surface area contributed by atoms with Gasteiger partial charge in [0.2, 0.25) is 5.91 Å². The predicted molar refractivity (Wildman–Crippen MR) is 85.5 cm³/mol. The molecule has 0 saturated heterocycles. The van der Waals surface area contributed by atoms with Crippen LogP contribution < -0.4 is 10.1 Å². The van der Waals surface area contributed by atoms with Crippen molar-refractivity contribution >= 4 is 5.91 Å². The summed E-state index contributed by atoms with van der Waals surface area (Å²) in [5, 5.41) is 3.13. The number of amides is 1. The van der Waals surface area contributed by atoms with Crippen LogP contribution in [0.3, 0.4) is 0 Å². The third-order valence-electron chi connectivity index (χ3n) is 4.43. The molecule has 1 aromatic carbocycles. The van der Waals surface area contributed by atoms with E-state index in [0.29, 0.717) is 12.3 Å². The zero-order chi connectivity index (χ0) is 15.2. The molecule has 1 fully saturated rings. The topological polar surface area (TPSA) is 38.3 Å². The van der Waals surface area contributed by atoms with Gasteiger partial charge in [0.05, 0.1) is 13.2 Å². The molecule has 0 aliphatic heterocycles. The van der Waals surface area contributed by atoms with Crippen LogP contribution in [-0.4, -0.2) is 13.0 Å². The summed E-state index contributed by atoms with van der Waals surface area (Å²) in [6.07, 6.45) is 6.96. The molecule has 1 aliphatic rings. The third-order valence-corrected chi connectivity index (χ3v) is 4.43. The predicted octanol–water partition coefficient (Wildman–Crippen LogP) is 4.15. The van der Waals surface area contributed by atoms with Crippen LogP contribution in [0.15, 0.2) is 18.2 Å². The number of nitrogens with one attached hydrogen (secondary N) is 1. The Morgan fingerprint density at radius 1 is 1.33 bits per heavy atom. The van der Waals surface area contributed by atoms with Crippen LogP contribution in [0, 0.1) is 12.8 Å². The zero-order valence-corrected chi connectivity index (χ0v) is 13.4. The number of carbonyl (C=O) groups excluding carboxylic acids is 1. The number of benzene rings is 1. The van der Waals surface area contributed by atoms with Gasteiger partial charge in [-0.25, -0.2) is 0 Å². The van der Waals surface area contributed by atoms with Gasteiger partial charge in [0.25, 0.3) is 0 Å². The van der Waals surface area contributed by atoms with Gasteiger partial charge in [-0.1, -0.05) is 37.0 Å². The second-order valence-corrected chi connectivity index (χ2v) is 6.24. The summed E-state index contributed by atoms with van der Waals surface area (Å²) >= 11 is 0. The Bertz CT molecular complexity index is 478. The number of carbonyl (C=O) groups is 1. The summed E-state index contributed by atoms with van der Waals surface area (Å²) < 4.78 is 5.40. The molecular weight excluding hydrogens is 262 g/mol. The lowest BCUT2D eigenvalue weighted by Crippen LogP contribution is -2.29. The quantitative estimate of drug-likeness (QED) is 0.884. The van der Waals surface area contributed by atoms with Gasteiger partial charge in [0, 0.05) is 12.0 Å². The SMILES string of the molecule is COc1ccc(C)cc1C(C)NC(=O)CC1CCCCC1. The van der Waals surface area contributed by atoms with Crippen LogP contribution in [0.4, 0.5) is 0 Å². The summed E-state index contributed by atoms with van der Waals surface area (Å²) in [6, 6.07) is 6.06. The molecule has 3 heteroatoms. The van der Waals surface area contributed by atoms with Crippen molar-refractivity contribution in [1.82, 2.24) is 5.32 Å². The van der Waals surface area contributed by atoms with E-state index >= 15 is 0 Å². The van der Waals surface area contributed by atoms with E-state index < -0.39 is 0 Å². The van der Waals surface area contributed by atoms with Gasteiger partial charge in [-0.15, -0.1) is 0 Å². The Morgan fingerprint density at radius 2 is 2.05 bits per heavy atom. The minimum Gasteiger partial charge on any atom is -0.496 e. The normalized spacial score (nSPS) is 17.3. The van der Waals surface area contributed by atoms with Crippen molar-refractivity contribution in [2.45, 2.75) is 58.4 Å². The first kappa shape index (κ1) is 15.9. The van der Waals surface area contributed by atoms with Crippen molar-refractivity contribution in [2.24, 2.45) is 5.92 Å². The molecular formula is C18H27NO2. The van der Waals surface area contributed by atoms with E-state index in [4.69, 9.17) is 4.74 Å². The second kappa shape index (κ2) is 7.48. The lowest BCUT2D eigenvalue weighted by atomic mass is 9.87. The lowest BCUT2D eigenvalue weighted by Gasteiger charge is -2.23. The molecule has 1 N–H and O–H groups in total. The average Bonchev–Trinajstić information content (AvgIpc) is 2.48. The van der Waals surface area contributed by atoms with E-state index in [1.165, 1.54) is 37.7 Å². The maximum Gasteiger partial charge on any atom is 0.220 e. The molecule has 1 saturated carbocycles. The van der Waals surface area contributed by atoms with E-state index in [0.717, 1.165) is 11.3 Å². The molecule has 1 atom stereocenters. The van der Waals surface area contributed by atoms with Crippen LogP contribution in [0.1, 0.15) is 62.6 Å². The Labute approximate surface area is 128 Å². The standard InChI is InChI=1S/C18H27NO2/c1-13-9-10-17(21-3)16(11-13)14(2)19-18(20)12-15-7-5-4-6-8-15/h9-11,14-15H,4-8,12H2,1-3H3,(H,19,20). The molecule has 1 aromatic rings. The third kappa shape index (κ3) is 4.48. The molecule has 2 rings (SSSR count). The van der Waals surface area contributed by atoms with Crippen molar-refractivity contribution in [3.8, 4) is 5.75 Å². The fourth-order valence-electron chi connectivity index (χ4n) is 3.22. The van der Waals surface area contributed by atoms with Crippen molar-refractivity contribution in [3.05, 3.63) is 29.3 Å². The summed E-state index contributed by atoms with van der Waals surface area (Å²) in [7, 11) is 1.67. The second-order valence-electron chi connectivity index (χ2n) is 6.24. The van der Waals surface area contributed by atoms with E-state index in [2.05, 4.69) is 18.3 Å². The summed E-state index contributed by atoms with van der Waals surface area (Å²) in [5.41, 5.74) is 2.23. The minimum absolute atomic E-state index is 0.0176. The fourth-order valence-corrected chi connectivity index (χ4v) is 3.22. The van der Waals surface area contributed by atoms with E-state index in [1.807, 2.05) is 19.1 Å². The maximum atomic E-state index is 12.2. The number of aryl methyl sites for hydroxylation is 1. The summed E-state index contributed by atoms with van der Waals surface area (Å²) in [5.74, 6) is 1.58. The van der Waals surface area contributed by atoms with Gasteiger partial charge in [-0.3, -0.25) is 4.79 Å². The van der Waals surface area contributed by atoms with Gasteiger partial charge >= 0.3 is 0 Å². The van der Waals surface area contributed by atoms with Crippen LogP contribution in [-0.2, 0) is 4.79 Å². The number of ether oxygens (including phenoxy) is 1. The van der Waals surface area contributed by atoms with Crippen molar-refractivity contribution in [1.29, 1.82) is 0 Å². The first-order valence-corrected chi connectivity index (χ1v) is 8.04. The molecule has 1 unspecified atom stereocenters. The Morgan fingerprint density at radius 3 is 2.71 bits per heavy atom. The lowest BCUT2D eigenvalue weighted by molar-refractivity contribution is -0.122. The zero-order valence-electron chi connectivity index (χ0n) is 13.4. The maximum absolute atomic E-state index is 12.2. The molecule has 1 amide bonds. The molecule has 21 heavy (non-hydrogen) atoms.